The summed E-state index contributed by atoms with van der Waals surface area (Å²) in [6.07, 6.45) is 0.695. The summed E-state index contributed by atoms with van der Waals surface area (Å²) in [6, 6.07) is 5.25. The maximum Gasteiger partial charge on any atom is 0.278 e. The lowest BCUT2D eigenvalue weighted by Crippen LogP contribution is -2.14. The third kappa shape index (κ3) is 2.77. The van der Waals surface area contributed by atoms with E-state index in [0.717, 1.165) is 10.2 Å². The lowest BCUT2D eigenvalue weighted by atomic mass is 10.2. The Balaban J connectivity index is 2.19. The maximum absolute atomic E-state index is 12.1. The molecule has 1 amide bonds. The SMILES string of the molecule is CCc1[nH]nc(C(=O)Nc2ccc(OC)c(Br)c2)c1N. The fourth-order valence-corrected chi connectivity index (χ4v) is 2.30. The Morgan fingerprint density at radius 1 is 1.55 bits per heavy atom. The van der Waals surface area contributed by atoms with Crippen LogP contribution < -0.4 is 15.8 Å². The highest BCUT2D eigenvalue weighted by Crippen LogP contribution is 2.28. The van der Waals surface area contributed by atoms with Crippen molar-refractivity contribution < 1.29 is 9.53 Å². The predicted octanol–water partition coefficient (Wildman–Crippen LogP) is 2.58. The van der Waals surface area contributed by atoms with Crippen molar-refractivity contribution in [3.63, 3.8) is 0 Å². The number of hydrogen-bond donors (Lipinski definition) is 3. The van der Waals surface area contributed by atoms with Crippen molar-refractivity contribution in [1.82, 2.24) is 10.2 Å². The first-order chi connectivity index (χ1) is 9.56. The number of aromatic nitrogens is 2. The predicted molar refractivity (Wildman–Crippen MR) is 81.0 cm³/mol. The van der Waals surface area contributed by atoms with E-state index in [2.05, 4.69) is 31.4 Å². The van der Waals surface area contributed by atoms with Gasteiger partial charge in [0.05, 0.1) is 23.0 Å². The highest BCUT2D eigenvalue weighted by Gasteiger charge is 2.16. The Hall–Kier alpha value is -2.02. The van der Waals surface area contributed by atoms with Crippen LogP contribution in [0.2, 0.25) is 0 Å². The Labute approximate surface area is 124 Å². The smallest absolute Gasteiger partial charge is 0.278 e. The van der Waals surface area contributed by atoms with Crippen LogP contribution in [0.5, 0.6) is 5.75 Å². The van der Waals surface area contributed by atoms with Crippen molar-refractivity contribution in [3.05, 3.63) is 34.1 Å². The van der Waals surface area contributed by atoms with Crippen molar-refractivity contribution in [2.45, 2.75) is 13.3 Å². The van der Waals surface area contributed by atoms with Crippen molar-refractivity contribution in [2.24, 2.45) is 0 Å². The normalized spacial score (nSPS) is 10.3. The molecule has 2 rings (SSSR count). The summed E-state index contributed by atoms with van der Waals surface area (Å²) in [5.41, 5.74) is 7.83. The number of halogens is 1. The monoisotopic (exact) mass is 338 g/mol. The Bertz CT molecular complexity index is 639. The minimum Gasteiger partial charge on any atom is -0.496 e. The molecule has 7 heteroatoms. The van der Waals surface area contributed by atoms with E-state index in [1.54, 1.807) is 25.3 Å². The number of rotatable bonds is 4. The number of methoxy groups -OCH3 is 1. The highest BCUT2D eigenvalue weighted by atomic mass is 79.9. The van der Waals surface area contributed by atoms with Crippen LogP contribution in [0, 0.1) is 0 Å². The summed E-state index contributed by atoms with van der Waals surface area (Å²) in [4.78, 5) is 12.1. The van der Waals surface area contributed by atoms with Crippen LogP contribution in [-0.4, -0.2) is 23.2 Å². The van der Waals surface area contributed by atoms with Gasteiger partial charge in [0, 0.05) is 5.69 Å². The van der Waals surface area contributed by atoms with E-state index in [0.29, 0.717) is 23.5 Å². The lowest BCUT2D eigenvalue weighted by Gasteiger charge is -2.07. The number of amides is 1. The molecule has 0 unspecified atom stereocenters. The average molecular weight is 339 g/mol. The number of carbonyl (C=O) groups excluding carboxylic acids is 1. The summed E-state index contributed by atoms with van der Waals surface area (Å²) in [5.74, 6) is 0.339. The molecule has 0 aliphatic heterocycles. The average Bonchev–Trinajstić information content (AvgIpc) is 2.80. The maximum atomic E-state index is 12.1. The van der Waals surface area contributed by atoms with E-state index in [4.69, 9.17) is 10.5 Å². The minimum absolute atomic E-state index is 0.203. The number of nitrogen functional groups attached to an aromatic ring is 1. The molecule has 0 saturated carbocycles. The summed E-state index contributed by atoms with van der Waals surface area (Å²) in [7, 11) is 1.58. The van der Waals surface area contributed by atoms with E-state index in [1.165, 1.54) is 0 Å². The molecule has 4 N–H and O–H groups in total. The summed E-state index contributed by atoms with van der Waals surface area (Å²) < 4.78 is 5.88. The van der Waals surface area contributed by atoms with Crippen LogP contribution in [-0.2, 0) is 6.42 Å². The van der Waals surface area contributed by atoms with E-state index < -0.39 is 0 Å². The summed E-state index contributed by atoms with van der Waals surface area (Å²) >= 11 is 3.36. The number of nitrogens with one attached hydrogen (secondary N) is 2. The minimum atomic E-state index is -0.351. The van der Waals surface area contributed by atoms with Gasteiger partial charge in [0.15, 0.2) is 5.69 Å². The summed E-state index contributed by atoms with van der Waals surface area (Å²) in [6.45, 7) is 1.94. The number of H-pyrrole nitrogens is 1. The Morgan fingerprint density at radius 2 is 2.30 bits per heavy atom. The molecule has 1 heterocycles. The molecule has 0 aliphatic rings. The number of aromatic amines is 1. The second kappa shape index (κ2) is 5.96. The van der Waals surface area contributed by atoms with E-state index in [-0.39, 0.29) is 11.6 Å². The third-order valence-corrected chi connectivity index (χ3v) is 3.48. The number of ether oxygens (including phenoxy) is 1. The molecule has 0 saturated heterocycles. The molecule has 0 aliphatic carbocycles. The molecular weight excluding hydrogens is 324 g/mol. The van der Waals surface area contributed by atoms with Gasteiger partial charge in [-0.3, -0.25) is 9.89 Å². The Morgan fingerprint density at radius 3 is 2.85 bits per heavy atom. The molecule has 0 spiro atoms. The topological polar surface area (TPSA) is 93.0 Å². The highest BCUT2D eigenvalue weighted by molar-refractivity contribution is 9.10. The first kappa shape index (κ1) is 14.4. The fourth-order valence-electron chi connectivity index (χ4n) is 1.76. The van der Waals surface area contributed by atoms with Crippen LogP contribution in [0.25, 0.3) is 0 Å². The van der Waals surface area contributed by atoms with E-state index >= 15 is 0 Å². The Kier molecular flexibility index (Phi) is 4.29. The van der Waals surface area contributed by atoms with Crippen LogP contribution in [0.1, 0.15) is 23.1 Å². The van der Waals surface area contributed by atoms with Gasteiger partial charge in [0.2, 0.25) is 0 Å². The zero-order valence-corrected chi connectivity index (χ0v) is 12.7. The molecular formula is C13H15BrN4O2. The van der Waals surface area contributed by atoms with Crippen LogP contribution in [0.4, 0.5) is 11.4 Å². The van der Waals surface area contributed by atoms with Gasteiger partial charge >= 0.3 is 0 Å². The van der Waals surface area contributed by atoms with E-state index in [9.17, 15) is 4.79 Å². The van der Waals surface area contributed by atoms with Crippen molar-refractivity contribution in [2.75, 3.05) is 18.2 Å². The number of nitrogens with zero attached hydrogens (tertiary/aromatic N) is 1. The number of benzene rings is 1. The number of hydrogen-bond acceptors (Lipinski definition) is 4. The standard InChI is InChI=1S/C13H15BrN4O2/c1-3-9-11(15)12(18-17-9)13(19)16-7-4-5-10(20-2)8(14)6-7/h4-6H,3,15H2,1-2H3,(H,16,19)(H,17,18). The second-order valence-electron chi connectivity index (χ2n) is 4.12. The van der Waals surface area contributed by atoms with Crippen LogP contribution >= 0.6 is 15.9 Å². The molecule has 1 aromatic carbocycles. The van der Waals surface area contributed by atoms with E-state index in [1.807, 2.05) is 6.92 Å². The number of aryl methyl sites for hydroxylation is 1. The third-order valence-electron chi connectivity index (χ3n) is 2.86. The van der Waals surface area contributed by atoms with Crippen molar-refractivity contribution >= 4 is 33.2 Å². The summed E-state index contributed by atoms with van der Waals surface area (Å²) in [5, 5.41) is 9.44. The quantitative estimate of drug-likeness (QED) is 0.798. The van der Waals surface area contributed by atoms with Crippen LogP contribution in [0.3, 0.4) is 0 Å². The number of anilines is 2. The van der Waals surface area contributed by atoms with Crippen LogP contribution in [0.15, 0.2) is 22.7 Å². The zero-order valence-electron chi connectivity index (χ0n) is 11.2. The fraction of sp³-hybridized carbons (Fsp3) is 0.231. The molecule has 2 aromatic rings. The molecule has 0 fully saturated rings. The molecule has 0 bridgehead atoms. The van der Waals surface area contributed by atoms with Gasteiger partial charge in [0.1, 0.15) is 5.75 Å². The van der Waals surface area contributed by atoms with Crippen molar-refractivity contribution in [1.29, 1.82) is 0 Å². The van der Waals surface area contributed by atoms with Gasteiger partial charge in [-0.2, -0.15) is 5.10 Å². The number of nitrogens with two attached hydrogens (primary N) is 1. The van der Waals surface area contributed by atoms with Crippen molar-refractivity contribution in [3.8, 4) is 5.75 Å². The zero-order chi connectivity index (χ0) is 14.7. The van der Waals surface area contributed by atoms with Gasteiger partial charge in [-0.05, 0) is 40.5 Å². The first-order valence-corrected chi connectivity index (χ1v) is 6.83. The number of carbonyl (C=O) groups is 1. The molecule has 1 aromatic heterocycles. The first-order valence-electron chi connectivity index (χ1n) is 6.04. The van der Waals surface area contributed by atoms with Gasteiger partial charge < -0.3 is 15.8 Å². The second-order valence-corrected chi connectivity index (χ2v) is 4.98. The van der Waals surface area contributed by atoms with Gasteiger partial charge in [-0.25, -0.2) is 0 Å². The molecule has 106 valence electrons. The van der Waals surface area contributed by atoms with Gasteiger partial charge in [-0.15, -0.1) is 0 Å². The molecule has 20 heavy (non-hydrogen) atoms. The molecule has 0 atom stereocenters. The molecule has 6 nitrogen and oxygen atoms in total. The largest absolute Gasteiger partial charge is 0.496 e. The van der Waals surface area contributed by atoms with Gasteiger partial charge in [0.25, 0.3) is 5.91 Å². The lowest BCUT2D eigenvalue weighted by molar-refractivity contribution is 0.102. The molecule has 0 radical (unpaired) electrons. The van der Waals surface area contributed by atoms with Gasteiger partial charge in [-0.1, -0.05) is 6.92 Å².